The van der Waals surface area contributed by atoms with Gasteiger partial charge >= 0.3 is 0 Å². The number of phenols is 2. The molecule has 0 fully saturated rings. The number of nitrogens with one attached hydrogen (secondary N) is 1. The minimum Gasteiger partial charge on any atom is -0.508 e. The molecule has 0 saturated carbocycles. The minimum absolute atomic E-state index is 0.0522. The van der Waals surface area contributed by atoms with E-state index in [0.717, 1.165) is 11.4 Å². The zero-order chi connectivity index (χ0) is 19.2. The summed E-state index contributed by atoms with van der Waals surface area (Å²) in [6.07, 6.45) is 1.30. The fourth-order valence-electron chi connectivity index (χ4n) is 2.26. The predicted octanol–water partition coefficient (Wildman–Crippen LogP) is 2.14. The van der Waals surface area contributed by atoms with Crippen molar-refractivity contribution in [3.05, 3.63) is 54.1 Å². The van der Waals surface area contributed by atoms with Crippen molar-refractivity contribution in [2.45, 2.75) is 5.16 Å². The smallest absolute Gasteiger partial charge is 0.250 e. The first-order chi connectivity index (χ1) is 13.0. The lowest BCUT2D eigenvalue weighted by Gasteiger charge is -2.03. The summed E-state index contributed by atoms with van der Waals surface area (Å²) in [4.78, 5) is 11.9. The minimum atomic E-state index is -0.321. The maximum absolute atomic E-state index is 11.9. The summed E-state index contributed by atoms with van der Waals surface area (Å²) in [5.74, 6) is 0.330. The molecule has 0 spiro atoms. The van der Waals surface area contributed by atoms with E-state index >= 15 is 0 Å². The van der Waals surface area contributed by atoms with Crippen LogP contribution in [0.4, 0.5) is 0 Å². The molecule has 0 aliphatic carbocycles. The summed E-state index contributed by atoms with van der Waals surface area (Å²) >= 11 is 1.24. The second-order valence-electron chi connectivity index (χ2n) is 5.56. The van der Waals surface area contributed by atoms with Gasteiger partial charge in [0.1, 0.15) is 11.5 Å². The van der Waals surface area contributed by atoms with Gasteiger partial charge in [0.15, 0.2) is 11.0 Å². The van der Waals surface area contributed by atoms with E-state index in [1.165, 1.54) is 36.2 Å². The maximum atomic E-state index is 11.9. The summed E-state index contributed by atoms with van der Waals surface area (Å²) in [6, 6.07) is 13.8. The van der Waals surface area contributed by atoms with Gasteiger partial charge in [-0.1, -0.05) is 42.1 Å². The molecule has 3 N–H and O–H groups in total. The van der Waals surface area contributed by atoms with Crippen LogP contribution < -0.4 is 5.43 Å². The fourth-order valence-corrected chi connectivity index (χ4v) is 2.96. The Balaban J connectivity index is 1.55. The molecule has 1 aromatic heterocycles. The van der Waals surface area contributed by atoms with Crippen LogP contribution in [0.2, 0.25) is 0 Å². The van der Waals surface area contributed by atoms with Crippen LogP contribution in [0.3, 0.4) is 0 Å². The van der Waals surface area contributed by atoms with E-state index < -0.39 is 0 Å². The Morgan fingerprint density at radius 2 is 2.00 bits per heavy atom. The molecule has 0 saturated heterocycles. The molecule has 8 nitrogen and oxygen atoms in total. The number of benzene rings is 2. The van der Waals surface area contributed by atoms with Crippen LogP contribution in [-0.4, -0.2) is 42.9 Å². The number of rotatable bonds is 6. The molecule has 2 aromatic carbocycles. The van der Waals surface area contributed by atoms with E-state index in [9.17, 15) is 15.0 Å². The first kappa shape index (κ1) is 18.5. The van der Waals surface area contributed by atoms with Crippen molar-refractivity contribution in [2.24, 2.45) is 12.1 Å². The summed E-state index contributed by atoms with van der Waals surface area (Å²) < 4.78 is 1.82. The van der Waals surface area contributed by atoms with Gasteiger partial charge in [-0.25, -0.2) is 5.43 Å². The van der Waals surface area contributed by atoms with E-state index in [4.69, 9.17) is 0 Å². The highest BCUT2D eigenvalue weighted by Gasteiger charge is 2.12. The average Bonchev–Trinajstić information content (AvgIpc) is 3.03. The molecular formula is C18H17N5O3S. The number of carbonyl (C=O) groups excluding carboxylic acids is 1. The largest absolute Gasteiger partial charge is 0.508 e. The molecule has 1 heterocycles. The highest BCUT2D eigenvalue weighted by Crippen LogP contribution is 2.22. The van der Waals surface area contributed by atoms with Gasteiger partial charge in [-0.15, -0.1) is 10.2 Å². The van der Waals surface area contributed by atoms with Crippen LogP contribution in [0, 0.1) is 0 Å². The third-order valence-corrected chi connectivity index (χ3v) is 4.63. The Hall–Kier alpha value is -3.33. The van der Waals surface area contributed by atoms with E-state index in [2.05, 4.69) is 20.7 Å². The first-order valence-corrected chi connectivity index (χ1v) is 8.94. The van der Waals surface area contributed by atoms with Crippen LogP contribution in [-0.2, 0) is 11.8 Å². The van der Waals surface area contributed by atoms with E-state index in [0.29, 0.717) is 10.7 Å². The number of thioether (sulfide) groups is 1. The zero-order valence-corrected chi connectivity index (χ0v) is 15.2. The molecule has 0 bridgehead atoms. The number of carbonyl (C=O) groups is 1. The molecule has 0 atom stereocenters. The average molecular weight is 383 g/mol. The number of hydrazone groups is 1. The van der Waals surface area contributed by atoms with Crippen LogP contribution in [0.5, 0.6) is 11.5 Å². The van der Waals surface area contributed by atoms with E-state index in [1.807, 2.05) is 41.9 Å². The first-order valence-electron chi connectivity index (χ1n) is 7.96. The normalized spacial score (nSPS) is 11.0. The second-order valence-corrected chi connectivity index (χ2v) is 6.50. The van der Waals surface area contributed by atoms with Gasteiger partial charge in [0.05, 0.1) is 12.0 Å². The Bertz CT molecular complexity index is 972. The van der Waals surface area contributed by atoms with Gasteiger partial charge in [-0.05, 0) is 12.1 Å². The van der Waals surface area contributed by atoms with Gasteiger partial charge < -0.3 is 14.8 Å². The number of hydrogen-bond acceptors (Lipinski definition) is 7. The molecule has 0 aliphatic rings. The molecule has 9 heteroatoms. The van der Waals surface area contributed by atoms with Crippen LogP contribution in [0.25, 0.3) is 11.4 Å². The zero-order valence-electron chi connectivity index (χ0n) is 14.4. The Morgan fingerprint density at radius 1 is 1.22 bits per heavy atom. The third-order valence-electron chi connectivity index (χ3n) is 3.61. The topological polar surface area (TPSA) is 113 Å². The van der Waals surface area contributed by atoms with Crippen molar-refractivity contribution < 1.29 is 15.0 Å². The maximum Gasteiger partial charge on any atom is 0.250 e. The van der Waals surface area contributed by atoms with Gasteiger partial charge in [-0.3, -0.25) is 4.79 Å². The van der Waals surface area contributed by atoms with Crippen molar-refractivity contribution in [1.29, 1.82) is 0 Å². The molecule has 1 amide bonds. The molecule has 3 aromatic rings. The predicted molar refractivity (Wildman–Crippen MR) is 103 cm³/mol. The van der Waals surface area contributed by atoms with Crippen LogP contribution in [0.15, 0.2) is 58.8 Å². The summed E-state index contributed by atoms with van der Waals surface area (Å²) in [5.41, 5.74) is 3.70. The number of amides is 1. The molecule has 0 unspecified atom stereocenters. The lowest BCUT2D eigenvalue weighted by Crippen LogP contribution is -2.19. The van der Waals surface area contributed by atoms with E-state index in [-0.39, 0.29) is 23.2 Å². The van der Waals surface area contributed by atoms with Crippen molar-refractivity contribution >= 4 is 23.9 Å². The number of nitrogens with zero attached hydrogens (tertiary/aromatic N) is 4. The lowest BCUT2D eigenvalue weighted by molar-refractivity contribution is -0.118. The molecule has 3 rings (SSSR count). The van der Waals surface area contributed by atoms with Gasteiger partial charge in [-0.2, -0.15) is 5.10 Å². The molecule has 138 valence electrons. The van der Waals surface area contributed by atoms with Crippen molar-refractivity contribution in [1.82, 2.24) is 20.2 Å². The Labute approximate surface area is 159 Å². The fraction of sp³-hybridized carbons (Fsp3) is 0.111. The molecule has 0 radical (unpaired) electrons. The summed E-state index contributed by atoms with van der Waals surface area (Å²) in [7, 11) is 1.84. The van der Waals surface area contributed by atoms with Crippen molar-refractivity contribution in [2.75, 3.05) is 5.75 Å². The number of aromatic hydroxyl groups is 2. The second kappa shape index (κ2) is 8.37. The number of aromatic nitrogens is 3. The molecular weight excluding hydrogens is 366 g/mol. The van der Waals surface area contributed by atoms with Crippen molar-refractivity contribution in [3.8, 4) is 22.9 Å². The SMILES string of the molecule is Cn1c(SCC(=O)N/N=C/c2ccc(O)cc2O)nnc1-c1ccccc1. The molecule has 27 heavy (non-hydrogen) atoms. The van der Waals surface area contributed by atoms with Crippen LogP contribution in [0.1, 0.15) is 5.56 Å². The lowest BCUT2D eigenvalue weighted by atomic mass is 10.2. The van der Waals surface area contributed by atoms with Gasteiger partial charge in [0.25, 0.3) is 5.91 Å². The monoisotopic (exact) mass is 383 g/mol. The van der Waals surface area contributed by atoms with Crippen LogP contribution >= 0.6 is 11.8 Å². The summed E-state index contributed by atoms with van der Waals surface area (Å²) in [6.45, 7) is 0. The Kier molecular flexibility index (Phi) is 5.72. The van der Waals surface area contributed by atoms with E-state index in [1.54, 1.807) is 0 Å². The molecule has 0 aliphatic heterocycles. The highest BCUT2D eigenvalue weighted by atomic mass is 32.2. The number of hydrogen-bond donors (Lipinski definition) is 3. The Morgan fingerprint density at radius 3 is 2.74 bits per heavy atom. The standard InChI is InChI=1S/C18H17N5O3S/c1-23-17(12-5-3-2-4-6-12)21-22-18(23)27-11-16(26)20-19-10-13-7-8-14(24)9-15(13)25/h2-10,24-25H,11H2,1H3,(H,20,26)/b19-10+. The highest BCUT2D eigenvalue weighted by molar-refractivity contribution is 7.99. The summed E-state index contributed by atoms with van der Waals surface area (Å²) in [5, 5.41) is 31.6. The van der Waals surface area contributed by atoms with Crippen molar-refractivity contribution in [3.63, 3.8) is 0 Å². The van der Waals surface area contributed by atoms with Gasteiger partial charge in [0.2, 0.25) is 0 Å². The van der Waals surface area contributed by atoms with Gasteiger partial charge in [0, 0.05) is 24.2 Å². The quantitative estimate of drug-likeness (QED) is 0.341. The third kappa shape index (κ3) is 4.64. The number of phenolic OH excluding ortho intramolecular Hbond substituents is 2.